The molecular weight excluding hydrogens is 769 g/mol. The van der Waals surface area contributed by atoms with Gasteiger partial charge in [0.1, 0.15) is 0 Å². The van der Waals surface area contributed by atoms with Crippen LogP contribution in [0.5, 0.6) is 0 Å². The number of carbonyl (C=O) groups excluding carboxylic acids is 2. The zero-order chi connectivity index (χ0) is 40.0. The summed E-state index contributed by atoms with van der Waals surface area (Å²) in [4.78, 5) is 41.1. The van der Waals surface area contributed by atoms with Gasteiger partial charge in [-0.3, -0.25) is 29.6 Å². The molecule has 6 aromatic heterocycles. The summed E-state index contributed by atoms with van der Waals surface area (Å²) in [5.74, 6) is -0.440. The van der Waals surface area contributed by atoms with Gasteiger partial charge in [-0.2, -0.15) is 5.10 Å². The fourth-order valence-electron chi connectivity index (χ4n) is 5.58. The van der Waals surface area contributed by atoms with Crippen molar-refractivity contribution in [1.29, 1.82) is 0 Å². The highest BCUT2D eigenvalue weighted by atomic mass is 32.2. The van der Waals surface area contributed by atoms with Crippen molar-refractivity contribution in [2.45, 2.75) is 39.6 Å². The van der Waals surface area contributed by atoms with E-state index in [2.05, 4.69) is 40.8 Å². The number of hydrogen-bond donors (Lipinski definition) is 3. The van der Waals surface area contributed by atoms with Gasteiger partial charge < -0.3 is 15.1 Å². The van der Waals surface area contributed by atoms with E-state index >= 15 is 0 Å². The highest BCUT2D eigenvalue weighted by Gasteiger charge is 2.21. The summed E-state index contributed by atoms with van der Waals surface area (Å²) in [6.45, 7) is 2.23. The number of hydrogen-bond acceptors (Lipinski definition) is 12. The highest BCUT2D eigenvalue weighted by molar-refractivity contribution is 7.91. The number of benzene rings is 2. The van der Waals surface area contributed by atoms with Gasteiger partial charge >= 0.3 is 0 Å². The number of carbonyl (C=O) groups is 2. The zero-order valence-electron chi connectivity index (χ0n) is 30.0. The first-order chi connectivity index (χ1) is 27.5. The van der Waals surface area contributed by atoms with E-state index in [1.807, 2.05) is 0 Å². The van der Waals surface area contributed by atoms with E-state index in [-0.39, 0.29) is 50.2 Å². The molecule has 2 aromatic carbocycles. The fraction of sp³-hybridized carbons (Fsp3) is 0.0750. The van der Waals surface area contributed by atoms with Crippen LogP contribution < -0.4 is 10.6 Å². The minimum atomic E-state index is -3.64. The van der Waals surface area contributed by atoms with Gasteiger partial charge in [0.2, 0.25) is 19.7 Å². The van der Waals surface area contributed by atoms with Gasteiger partial charge in [0, 0.05) is 61.0 Å². The number of amides is 2. The third-order valence-corrected chi connectivity index (χ3v) is 12.4. The molecule has 286 valence electrons. The summed E-state index contributed by atoms with van der Waals surface area (Å²) in [5, 5.41) is 13.7. The largest absolute Gasteiger partial charge is 0.449 e. The molecule has 0 fully saturated rings. The maximum absolute atomic E-state index is 12.8. The van der Waals surface area contributed by atoms with Crippen molar-refractivity contribution in [2.75, 3.05) is 0 Å². The Balaban J connectivity index is 0.000000174. The van der Waals surface area contributed by atoms with E-state index < -0.39 is 19.7 Å². The van der Waals surface area contributed by atoms with Crippen LogP contribution in [0.4, 0.5) is 0 Å². The molecule has 0 aliphatic carbocycles. The topological polar surface area (TPSA) is 220 Å². The molecule has 0 unspecified atom stereocenters. The number of nitrogens with one attached hydrogen (secondary N) is 3. The van der Waals surface area contributed by atoms with Gasteiger partial charge in [-0.15, -0.1) is 0 Å². The normalized spacial score (nSPS) is 11.5. The second-order valence-electron chi connectivity index (χ2n) is 12.5. The molecule has 15 nitrogen and oxygen atoms in total. The summed E-state index contributed by atoms with van der Waals surface area (Å²) < 4.78 is 56.1. The van der Waals surface area contributed by atoms with E-state index in [1.54, 1.807) is 86.3 Å². The number of H-pyrrole nitrogens is 1. The summed E-state index contributed by atoms with van der Waals surface area (Å²) in [6, 6.07) is 22.6. The molecule has 0 atom stereocenters. The van der Waals surface area contributed by atoms with Crippen LogP contribution in [0.2, 0.25) is 0 Å². The lowest BCUT2D eigenvalue weighted by Gasteiger charge is -2.09. The number of fused-ring (bicyclic) bond motifs is 2. The van der Waals surface area contributed by atoms with E-state index in [1.165, 1.54) is 55.1 Å². The van der Waals surface area contributed by atoms with Crippen LogP contribution in [0.1, 0.15) is 37.6 Å². The van der Waals surface area contributed by atoms with Crippen molar-refractivity contribution >= 4 is 53.5 Å². The molecule has 8 rings (SSSR count). The van der Waals surface area contributed by atoms with E-state index in [4.69, 9.17) is 4.42 Å². The predicted molar refractivity (Wildman–Crippen MR) is 207 cm³/mol. The number of rotatable bonds is 10. The Bertz CT molecular complexity index is 2900. The molecular formula is C40H32N8O7S2. The molecule has 3 N–H and O–H groups in total. The van der Waals surface area contributed by atoms with Crippen LogP contribution >= 0.6 is 0 Å². The molecule has 6 heterocycles. The quantitative estimate of drug-likeness (QED) is 0.158. The van der Waals surface area contributed by atoms with Crippen molar-refractivity contribution in [3.05, 3.63) is 163 Å². The molecule has 17 heteroatoms. The summed E-state index contributed by atoms with van der Waals surface area (Å²) in [7, 11) is -7.26. The molecule has 8 aromatic rings. The Kier molecular flexibility index (Phi) is 10.9. The van der Waals surface area contributed by atoms with Gasteiger partial charge in [0.15, 0.2) is 17.0 Å². The first-order valence-corrected chi connectivity index (χ1v) is 20.1. The average Bonchev–Trinajstić information content (AvgIpc) is 3.90. The van der Waals surface area contributed by atoms with Gasteiger partial charge in [-0.05, 0) is 84.3 Å². The van der Waals surface area contributed by atoms with Crippen molar-refractivity contribution < 1.29 is 30.8 Å². The van der Waals surface area contributed by atoms with Crippen LogP contribution in [0.25, 0.3) is 22.0 Å². The Morgan fingerprint density at radius 1 is 0.649 bits per heavy atom. The highest BCUT2D eigenvalue weighted by Crippen LogP contribution is 2.24. The second-order valence-corrected chi connectivity index (χ2v) is 16.4. The monoisotopic (exact) mass is 800 g/mol. The number of sulfone groups is 2. The van der Waals surface area contributed by atoms with Crippen molar-refractivity contribution in [3.63, 3.8) is 0 Å². The lowest BCUT2D eigenvalue weighted by atomic mass is 10.2. The Morgan fingerprint density at radius 2 is 1.30 bits per heavy atom. The fourth-order valence-corrected chi connectivity index (χ4v) is 8.25. The third-order valence-electron chi connectivity index (χ3n) is 8.70. The molecule has 0 spiro atoms. The van der Waals surface area contributed by atoms with Gasteiger partial charge in [0.25, 0.3) is 11.8 Å². The molecule has 0 aliphatic rings. The number of aryl methyl sites for hydroxylation is 1. The van der Waals surface area contributed by atoms with Crippen molar-refractivity contribution in [2.24, 2.45) is 0 Å². The summed E-state index contributed by atoms with van der Waals surface area (Å²) >= 11 is 0. The van der Waals surface area contributed by atoms with Gasteiger partial charge in [-0.25, -0.2) is 21.8 Å². The average molecular weight is 801 g/mol. The molecule has 0 saturated heterocycles. The molecule has 2 amide bonds. The number of aromatic nitrogens is 6. The smallest absolute Gasteiger partial charge is 0.287 e. The van der Waals surface area contributed by atoms with Gasteiger partial charge in [0.05, 0.1) is 37.5 Å². The summed E-state index contributed by atoms with van der Waals surface area (Å²) in [6.07, 6.45) is 12.0. The number of pyridine rings is 4. The van der Waals surface area contributed by atoms with Crippen LogP contribution in [0.3, 0.4) is 0 Å². The first-order valence-electron chi connectivity index (χ1n) is 17.2. The van der Waals surface area contributed by atoms with Crippen LogP contribution in [-0.4, -0.2) is 58.8 Å². The Labute approximate surface area is 326 Å². The van der Waals surface area contributed by atoms with Crippen LogP contribution in [0, 0.1) is 6.92 Å². The van der Waals surface area contributed by atoms with Crippen LogP contribution in [-0.2, 0) is 32.8 Å². The van der Waals surface area contributed by atoms with Crippen LogP contribution in [0.15, 0.2) is 159 Å². The van der Waals surface area contributed by atoms with E-state index in [0.717, 1.165) is 21.9 Å². The Morgan fingerprint density at radius 3 is 1.96 bits per heavy atom. The maximum atomic E-state index is 12.8. The molecule has 0 aliphatic heterocycles. The van der Waals surface area contributed by atoms with Crippen molar-refractivity contribution in [1.82, 2.24) is 40.8 Å². The standard InChI is InChI=1S/C20H17N5O3S.C20H15N3O4S/c1-13-6-7-21-12-18(13)29(27,28)17-4-2-14(3-5-17)9-23-20(26)16-8-15-11-24-25-19(15)22-10-16;24-20(18-10-15-7-9-22-13-19(15)27-18)23-11-14-3-5-16(6-4-14)28(25,26)17-2-1-8-21-12-17/h2-8,10-12H,9H2,1H3,(H,23,26)(H,22,24,25);1-10,12-13H,11H2,(H,23,24). The lowest BCUT2D eigenvalue weighted by Crippen LogP contribution is -2.22. The van der Waals surface area contributed by atoms with E-state index in [0.29, 0.717) is 22.4 Å². The zero-order valence-corrected chi connectivity index (χ0v) is 31.7. The van der Waals surface area contributed by atoms with Gasteiger partial charge in [-0.1, -0.05) is 24.3 Å². The van der Waals surface area contributed by atoms with E-state index in [9.17, 15) is 26.4 Å². The number of furan rings is 1. The SMILES string of the molecule is Cc1ccncc1S(=O)(=O)c1ccc(CNC(=O)c2cnc3[nH]ncc3c2)cc1.O=C(NCc1ccc(S(=O)(=O)c2cccnc2)cc1)c1cc2ccncc2o1. The lowest BCUT2D eigenvalue weighted by molar-refractivity contribution is 0.0923. The minimum Gasteiger partial charge on any atom is -0.449 e. The second kappa shape index (κ2) is 16.3. The predicted octanol–water partition coefficient (Wildman–Crippen LogP) is 5.41. The molecule has 0 bridgehead atoms. The molecule has 0 radical (unpaired) electrons. The maximum Gasteiger partial charge on any atom is 0.287 e. The minimum absolute atomic E-state index is 0.135. The Hall–Kier alpha value is -7.11. The van der Waals surface area contributed by atoms with Crippen molar-refractivity contribution in [3.8, 4) is 0 Å². The summed E-state index contributed by atoms with van der Waals surface area (Å²) in [5.41, 5.74) is 3.75. The number of aromatic amines is 1. The third kappa shape index (κ3) is 8.59. The number of nitrogens with zero attached hydrogens (tertiary/aromatic N) is 5. The molecule has 57 heavy (non-hydrogen) atoms. The first kappa shape index (κ1) is 38.2. The molecule has 0 saturated carbocycles.